The minimum atomic E-state index is -1.29. The van der Waals surface area contributed by atoms with Gasteiger partial charge in [-0.25, -0.2) is 4.39 Å². The zero-order valence-electron chi connectivity index (χ0n) is 8.84. The van der Waals surface area contributed by atoms with E-state index in [1.807, 2.05) is 30.3 Å². The smallest absolute Gasteiger partial charge is 0.111 e. The van der Waals surface area contributed by atoms with Crippen LogP contribution < -0.4 is 0 Å². The van der Waals surface area contributed by atoms with Crippen molar-refractivity contribution in [1.82, 2.24) is 0 Å². The molecule has 74 valence electrons. The highest BCUT2D eigenvalue weighted by atomic mass is 29.2. The maximum absolute atomic E-state index is 13.5. The highest BCUT2D eigenvalue weighted by Gasteiger charge is 2.16. The van der Waals surface area contributed by atoms with Crippen LogP contribution in [0, 0.1) is 0 Å². The number of hydrogen-bond acceptors (Lipinski definition) is 0. The second-order valence-corrected chi connectivity index (χ2v) is 14.8. The quantitative estimate of drug-likeness (QED) is 0.687. The topological polar surface area (TPSA) is 0 Å². The molecule has 14 heavy (non-hydrogen) atoms. The zero-order valence-corrected chi connectivity index (χ0v) is 10.8. The summed E-state index contributed by atoms with van der Waals surface area (Å²) in [6, 6.07) is 9.64. The first-order chi connectivity index (χ1) is 6.47. The van der Waals surface area contributed by atoms with Crippen LogP contribution in [-0.4, -0.2) is 16.6 Å². The van der Waals surface area contributed by atoms with E-state index in [1.54, 1.807) is 6.08 Å². The predicted octanol–water partition coefficient (Wildman–Crippen LogP) is 3.49. The van der Waals surface area contributed by atoms with Gasteiger partial charge in [-0.05, 0) is 11.6 Å². The summed E-state index contributed by atoms with van der Waals surface area (Å²) < 4.78 is 13.5. The molecule has 1 aromatic carbocycles. The van der Waals surface area contributed by atoms with Gasteiger partial charge in [-0.2, -0.15) is 0 Å². The van der Waals surface area contributed by atoms with Gasteiger partial charge in [0.1, 0.15) is 9.04 Å². The van der Waals surface area contributed by atoms with Crippen LogP contribution in [0.4, 0.5) is 4.39 Å². The molecule has 0 saturated heterocycles. The largest absolute Gasteiger partial charge is 0.218 e. The normalized spacial score (nSPS) is 13.0. The standard InChI is InChI=1S/C11H15FSi2/c1-14(2,3)13-11(12)9-10-7-5-4-6-8-10/h4-9H,1-3H3/b11-9+. The van der Waals surface area contributed by atoms with Crippen LogP contribution in [0.1, 0.15) is 5.56 Å². The first-order valence-electron chi connectivity index (χ1n) is 4.68. The van der Waals surface area contributed by atoms with E-state index in [-0.39, 0.29) is 5.45 Å². The lowest BCUT2D eigenvalue weighted by molar-refractivity contribution is 0.699. The molecule has 2 radical (unpaired) electrons. The van der Waals surface area contributed by atoms with Gasteiger partial charge in [0.05, 0.1) is 5.45 Å². The summed E-state index contributed by atoms with van der Waals surface area (Å²) in [6.07, 6.45) is 1.65. The minimum Gasteiger partial charge on any atom is -0.218 e. The van der Waals surface area contributed by atoms with Crippen LogP contribution in [0.25, 0.3) is 6.08 Å². The van der Waals surface area contributed by atoms with Crippen molar-refractivity contribution in [3.05, 3.63) is 41.3 Å². The van der Waals surface area contributed by atoms with E-state index in [0.717, 1.165) is 5.56 Å². The Hall–Kier alpha value is -0.676. The summed E-state index contributed by atoms with van der Waals surface area (Å²) in [5.41, 5.74) is 0.992. The number of rotatable bonds is 3. The van der Waals surface area contributed by atoms with Gasteiger partial charge in [0.25, 0.3) is 0 Å². The molecule has 0 atom stereocenters. The monoisotopic (exact) mass is 222 g/mol. The van der Waals surface area contributed by atoms with Crippen molar-refractivity contribution in [3.8, 4) is 0 Å². The Morgan fingerprint density at radius 3 is 2.29 bits per heavy atom. The van der Waals surface area contributed by atoms with E-state index in [2.05, 4.69) is 19.6 Å². The van der Waals surface area contributed by atoms with Gasteiger partial charge in [-0.15, -0.1) is 0 Å². The van der Waals surface area contributed by atoms with Gasteiger partial charge in [-0.3, -0.25) is 0 Å². The van der Waals surface area contributed by atoms with Gasteiger partial charge in [-0.1, -0.05) is 50.0 Å². The molecule has 0 nitrogen and oxygen atoms in total. The zero-order chi connectivity index (χ0) is 10.6. The molecule has 0 amide bonds. The first kappa shape index (κ1) is 11.4. The maximum atomic E-state index is 13.5. The summed E-state index contributed by atoms with van der Waals surface area (Å²) >= 11 is 0. The summed E-state index contributed by atoms with van der Waals surface area (Å²) in [7, 11) is -0.915. The Bertz CT molecular complexity index is 312. The molecule has 1 rings (SSSR count). The number of benzene rings is 1. The highest BCUT2D eigenvalue weighted by molar-refractivity contribution is 7.25. The van der Waals surface area contributed by atoms with Crippen LogP contribution in [0.15, 0.2) is 35.8 Å². The summed E-state index contributed by atoms with van der Waals surface area (Å²) in [4.78, 5) is 0. The fourth-order valence-electron chi connectivity index (χ4n) is 1.09. The first-order valence-corrected chi connectivity index (χ1v) is 10.2. The summed E-state index contributed by atoms with van der Waals surface area (Å²) in [5.74, 6) is 0. The van der Waals surface area contributed by atoms with Crippen molar-refractivity contribution < 1.29 is 4.39 Å². The molecule has 0 aromatic heterocycles. The average molecular weight is 222 g/mol. The molecule has 0 aliphatic heterocycles. The van der Waals surface area contributed by atoms with E-state index >= 15 is 0 Å². The van der Waals surface area contributed by atoms with Gasteiger partial charge in [0.15, 0.2) is 0 Å². The molecule has 0 bridgehead atoms. The third-order valence-corrected chi connectivity index (χ3v) is 5.69. The van der Waals surface area contributed by atoms with Crippen molar-refractivity contribution in [1.29, 1.82) is 0 Å². The molecule has 0 heterocycles. The number of halogens is 1. The lowest BCUT2D eigenvalue weighted by Gasteiger charge is -2.12. The van der Waals surface area contributed by atoms with E-state index in [9.17, 15) is 4.39 Å². The maximum Gasteiger partial charge on any atom is 0.111 e. The van der Waals surface area contributed by atoms with Crippen molar-refractivity contribution in [2.75, 3.05) is 0 Å². The van der Waals surface area contributed by atoms with Crippen LogP contribution in [-0.2, 0) is 0 Å². The van der Waals surface area contributed by atoms with E-state index < -0.39 is 7.59 Å². The van der Waals surface area contributed by atoms with Gasteiger partial charge in [0.2, 0.25) is 0 Å². The van der Waals surface area contributed by atoms with Gasteiger partial charge < -0.3 is 0 Å². The molecule has 0 N–H and O–H groups in total. The third kappa shape index (κ3) is 4.53. The Balaban J connectivity index is 2.70. The van der Waals surface area contributed by atoms with Crippen molar-refractivity contribution in [2.24, 2.45) is 0 Å². The Kier molecular flexibility index (Phi) is 3.83. The molecule has 0 unspecified atom stereocenters. The molecule has 0 spiro atoms. The fourth-order valence-corrected chi connectivity index (χ4v) is 4.41. The van der Waals surface area contributed by atoms with Crippen LogP contribution >= 0.6 is 0 Å². The van der Waals surface area contributed by atoms with Crippen LogP contribution in [0.2, 0.25) is 19.6 Å². The summed E-state index contributed by atoms with van der Waals surface area (Å²) in [6.45, 7) is 6.55. The van der Waals surface area contributed by atoms with E-state index in [4.69, 9.17) is 0 Å². The number of hydrogen-bond donors (Lipinski definition) is 0. The molecule has 0 aliphatic carbocycles. The van der Waals surface area contributed by atoms with Crippen molar-refractivity contribution in [3.63, 3.8) is 0 Å². The van der Waals surface area contributed by atoms with Gasteiger partial charge >= 0.3 is 0 Å². The van der Waals surface area contributed by atoms with E-state index in [1.165, 1.54) is 0 Å². The Morgan fingerprint density at radius 2 is 1.79 bits per heavy atom. The fraction of sp³-hybridized carbons (Fsp3) is 0.273. The van der Waals surface area contributed by atoms with Crippen molar-refractivity contribution in [2.45, 2.75) is 19.6 Å². The predicted molar refractivity (Wildman–Crippen MR) is 64.6 cm³/mol. The average Bonchev–Trinajstić information content (AvgIpc) is 2.02. The third-order valence-electron chi connectivity index (χ3n) is 1.59. The SMILES string of the molecule is C[Si](C)(C)[Si]/C(F)=C/c1ccccc1. The summed E-state index contributed by atoms with van der Waals surface area (Å²) in [5, 5.41) is 0. The van der Waals surface area contributed by atoms with Crippen molar-refractivity contribution >= 4 is 22.7 Å². The molecule has 3 heteroatoms. The Morgan fingerprint density at radius 1 is 1.21 bits per heavy atom. The molecule has 0 aliphatic rings. The lowest BCUT2D eigenvalue weighted by Crippen LogP contribution is -2.30. The lowest BCUT2D eigenvalue weighted by atomic mass is 10.2. The molecule has 1 aromatic rings. The highest BCUT2D eigenvalue weighted by Crippen LogP contribution is 2.10. The molecule has 0 fully saturated rings. The molecular formula is C11H15FSi2. The molecule has 0 saturated carbocycles. The van der Waals surface area contributed by atoms with E-state index in [0.29, 0.717) is 9.04 Å². The second-order valence-electron chi connectivity index (χ2n) is 4.28. The second kappa shape index (κ2) is 4.71. The molecular weight excluding hydrogens is 207 g/mol. The minimum absolute atomic E-state index is 0.0374. The van der Waals surface area contributed by atoms with Gasteiger partial charge in [0, 0.05) is 7.59 Å². The van der Waals surface area contributed by atoms with Crippen LogP contribution in [0.3, 0.4) is 0 Å². The van der Waals surface area contributed by atoms with Crippen LogP contribution in [0.5, 0.6) is 0 Å². The Labute approximate surface area is 88.5 Å².